The van der Waals surface area contributed by atoms with Gasteiger partial charge in [0.15, 0.2) is 0 Å². The molecule has 5 nitrogen and oxygen atoms in total. The molecule has 1 fully saturated rings. The third-order valence-corrected chi connectivity index (χ3v) is 3.19. The van der Waals surface area contributed by atoms with Crippen molar-refractivity contribution in [2.24, 2.45) is 0 Å². The highest BCUT2D eigenvalue weighted by molar-refractivity contribution is 5.24. The molecule has 1 aliphatic heterocycles. The molecule has 1 aromatic rings. The zero-order valence-electron chi connectivity index (χ0n) is 11.0. The van der Waals surface area contributed by atoms with Gasteiger partial charge in [0.25, 0.3) is 0 Å². The molecule has 1 unspecified atom stereocenters. The molecule has 2 rings (SSSR count). The lowest BCUT2D eigenvalue weighted by molar-refractivity contribution is 0.109. The van der Waals surface area contributed by atoms with Crippen LogP contribution in [0.25, 0.3) is 0 Å². The van der Waals surface area contributed by atoms with E-state index in [9.17, 15) is 5.11 Å². The van der Waals surface area contributed by atoms with E-state index in [1.165, 1.54) is 19.3 Å². The van der Waals surface area contributed by atoms with Gasteiger partial charge in [-0.25, -0.2) is 9.97 Å². The van der Waals surface area contributed by atoms with Crippen LogP contribution >= 0.6 is 0 Å². The van der Waals surface area contributed by atoms with Crippen LogP contribution in [0.3, 0.4) is 0 Å². The maximum absolute atomic E-state index is 9.96. The highest BCUT2D eigenvalue weighted by atomic mass is 16.3. The van der Waals surface area contributed by atoms with E-state index in [0.717, 1.165) is 25.2 Å². The number of aryl methyl sites for hydroxylation is 1. The number of nitrogens with zero attached hydrogens (tertiary/aromatic N) is 3. The first-order valence-corrected chi connectivity index (χ1v) is 6.67. The van der Waals surface area contributed by atoms with Gasteiger partial charge in [0, 0.05) is 25.5 Å². The number of aliphatic hydroxyl groups excluding tert-OH is 1. The third-order valence-electron chi connectivity index (χ3n) is 3.19. The second-order valence-electron chi connectivity index (χ2n) is 4.98. The molecule has 0 saturated carbocycles. The number of anilines is 1. The number of aromatic nitrogens is 2. The lowest BCUT2D eigenvalue weighted by Gasteiger charge is -2.28. The fourth-order valence-electron chi connectivity index (χ4n) is 2.20. The van der Waals surface area contributed by atoms with E-state index in [1.807, 2.05) is 6.92 Å². The fourth-order valence-corrected chi connectivity index (χ4v) is 2.20. The quantitative estimate of drug-likeness (QED) is 0.817. The van der Waals surface area contributed by atoms with Crippen LogP contribution in [0.4, 0.5) is 5.95 Å². The Labute approximate surface area is 108 Å². The second-order valence-corrected chi connectivity index (χ2v) is 4.98. The van der Waals surface area contributed by atoms with E-state index in [4.69, 9.17) is 0 Å². The predicted octanol–water partition coefficient (Wildman–Crippen LogP) is 1.04. The maximum atomic E-state index is 9.96. The summed E-state index contributed by atoms with van der Waals surface area (Å²) in [6.07, 6.45) is 7.00. The van der Waals surface area contributed by atoms with Crippen LogP contribution in [0.15, 0.2) is 12.4 Å². The summed E-state index contributed by atoms with van der Waals surface area (Å²) in [5.74, 6) is 0.582. The lowest BCUT2D eigenvalue weighted by atomic mass is 10.1. The topological polar surface area (TPSA) is 61.3 Å². The van der Waals surface area contributed by atoms with Crippen LogP contribution in [0.1, 0.15) is 24.8 Å². The second kappa shape index (κ2) is 6.66. The van der Waals surface area contributed by atoms with Crippen molar-refractivity contribution in [3.8, 4) is 0 Å². The van der Waals surface area contributed by atoms with E-state index < -0.39 is 0 Å². The van der Waals surface area contributed by atoms with Gasteiger partial charge in [-0.05, 0) is 38.4 Å². The summed E-state index contributed by atoms with van der Waals surface area (Å²) in [6.45, 7) is 5.41. The molecular weight excluding hydrogens is 228 g/mol. The number of hydrogen-bond acceptors (Lipinski definition) is 5. The molecule has 0 bridgehead atoms. The largest absolute Gasteiger partial charge is 0.390 e. The van der Waals surface area contributed by atoms with Gasteiger partial charge < -0.3 is 15.3 Å². The number of aliphatic hydroxyl groups is 1. The fraction of sp³-hybridized carbons (Fsp3) is 0.692. The molecular formula is C13H22N4O. The smallest absolute Gasteiger partial charge is 0.222 e. The first-order valence-electron chi connectivity index (χ1n) is 6.67. The van der Waals surface area contributed by atoms with Crippen LogP contribution in [0, 0.1) is 6.92 Å². The van der Waals surface area contributed by atoms with E-state index in [1.54, 1.807) is 12.4 Å². The van der Waals surface area contributed by atoms with Crippen LogP contribution in [0.5, 0.6) is 0 Å². The van der Waals surface area contributed by atoms with Crippen molar-refractivity contribution in [3.05, 3.63) is 18.0 Å². The van der Waals surface area contributed by atoms with Crippen LogP contribution in [0.2, 0.25) is 0 Å². The Hall–Kier alpha value is -1.20. The molecule has 2 N–H and O–H groups in total. The van der Waals surface area contributed by atoms with Crippen molar-refractivity contribution in [1.82, 2.24) is 14.9 Å². The molecule has 18 heavy (non-hydrogen) atoms. The normalized spacial score (nSPS) is 18.6. The van der Waals surface area contributed by atoms with Gasteiger partial charge >= 0.3 is 0 Å². The number of nitrogens with one attached hydrogen (secondary N) is 1. The Morgan fingerprint density at radius 1 is 1.28 bits per heavy atom. The molecule has 0 aromatic carbocycles. The standard InChI is InChI=1S/C13H22N4O/c1-11-7-14-13(15-8-11)16-9-12(18)10-17-5-3-2-4-6-17/h7-8,12,18H,2-6,9-10H2,1H3,(H,14,15,16). The minimum Gasteiger partial charge on any atom is -0.390 e. The van der Waals surface area contributed by atoms with Gasteiger partial charge in [-0.2, -0.15) is 0 Å². The Balaban J connectivity index is 1.70. The summed E-state index contributed by atoms with van der Waals surface area (Å²) in [7, 11) is 0. The summed E-state index contributed by atoms with van der Waals surface area (Å²) in [5, 5.41) is 13.0. The monoisotopic (exact) mass is 250 g/mol. The number of hydrogen-bond donors (Lipinski definition) is 2. The number of β-amino-alcohol motifs (C(OH)–C–C–N with tert-alkyl or cyclic N) is 1. The van der Waals surface area contributed by atoms with Gasteiger partial charge in [0.05, 0.1) is 6.10 Å². The Morgan fingerprint density at radius 3 is 2.61 bits per heavy atom. The summed E-state index contributed by atoms with van der Waals surface area (Å²) >= 11 is 0. The van der Waals surface area contributed by atoms with Gasteiger partial charge in [-0.3, -0.25) is 0 Å². The predicted molar refractivity (Wildman–Crippen MR) is 71.6 cm³/mol. The molecule has 1 atom stereocenters. The number of rotatable bonds is 5. The van der Waals surface area contributed by atoms with E-state index in [0.29, 0.717) is 12.5 Å². The van der Waals surface area contributed by atoms with Crippen LogP contribution in [-0.2, 0) is 0 Å². The first-order chi connectivity index (χ1) is 8.74. The summed E-state index contributed by atoms with van der Waals surface area (Å²) in [6, 6.07) is 0. The van der Waals surface area contributed by atoms with Crippen molar-refractivity contribution in [2.75, 3.05) is 31.5 Å². The first kappa shape index (κ1) is 13.2. The Morgan fingerprint density at radius 2 is 1.94 bits per heavy atom. The van der Waals surface area contributed by atoms with Gasteiger partial charge in [-0.1, -0.05) is 6.42 Å². The molecule has 0 radical (unpaired) electrons. The minimum atomic E-state index is -0.368. The highest BCUT2D eigenvalue weighted by Crippen LogP contribution is 2.09. The van der Waals surface area contributed by atoms with E-state index >= 15 is 0 Å². The molecule has 0 spiro atoms. The summed E-state index contributed by atoms with van der Waals surface area (Å²) < 4.78 is 0. The van der Waals surface area contributed by atoms with Crippen LogP contribution in [-0.4, -0.2) is 52.3 Å². The third kappa shape index (κ3) is 4.23. The Bertz CT molecular complexity index is 349. The average molecular weight is 250 g/mol. The zero-order valence-corrected chi connectivity index (χ0v) is 11.0. The number of likely N-dealkylation sites (tertiary alicyclic amines) is 1. The molecule has 1 aromatic heterocycles. The SMILES string of the molecule is Cc1cnc(NCC(O)CN2CCCCC2)nc1. The molecule has 1 aliphatic rings. The maximum Gasteiger partial charge on any atom is 0.222 e. The van der Waals surface area contributed by atoms with Crippen molar-refractivity contribution in [3.63, 3.8) is 0 Å². The van der Waals surface area contributed by atoms with Crippen LogP contribution < -0.4 is 5.32 Å². The molecule has 0 amide bonds. The highest BCUT2D eigenvalue weighted by Gasteiger charge is 2.14. The number of piperidine rings is 1. The molecule has 100 valence electrons. The zero-order chi connectivity index (χ0) is 12.8. The summed E-state index contributed by atoms with van der Waals surface area (Å²) in [5.41, 5.74) is 1.04. The van der Waals surface area contributed by atoms with E-state index in [2.05, 4.69) is 20.2 Å². The van der Waals surface area contributed by atoms with Crippen molar-refractivity contribution >= 4 is 5.95 Å². The van der Waals surface area contributed by atoms with Crippen molar-refractivity contribution < 1.29 is 5.11 Å². The molecule has 0 aliphatic carbocycles. The average Bonchev–Trinajstić information content (AvgIpc) is 2.39. The molecule has 2 heterocycles. The van der Waals surface area contributed by atoms with Gasteiger partial charge in [0.2, 0.25) is 5.95 Å². The van der Waals surface area contributed by atoms with Crippen molar-refractivity contribution in [1.29, 1.82) is 0 Å². The van der Waals surface area contributed by atoms with Gasteiger partial charge in [-0.15, -0.1) is 0 Å². The lowest BCUT2D eigenvalue weighted by Crippen LogP contribution is -2.39. The van der Waals surface area contributed by atoms with Crippen molar-refractivity contribution in [2.45, 2.75) is 32.3 Å². The molecule has 1 saturated heterocycles. The summed E-state index contributed by atoms with van der Waals surface area (Å²) in [4.78, 5) is 10.6. The van der Waals surface area contributed by atoms with Gasteiger partial charge in [0.1, 0.15) is 0 Å². The Kier molecular flexibility index (Phi) is 4.90. The molecule has 5 heteroatoms. The van der Waals surface area contributed by atoms with E-state index in [-0.39, 0.29) is 6.10 Å². The minimum absolute atomic E-state index is 0.368.